The second-order valence-electron chi connectivity index (χ2n) is 2.72. The van der Waals surface area contributed by atoms with Crippen LogP contribution in [0.4, 0.5) is 5.69 Å². The average Bonchev–Trinajstić information content (AvgIpc) is 2.06. The molecule has 1 nitrogen and oxygen atoms in total. The molecule has 0 aliphatic heterocycles. The Balaban J connectivity index is 2.82. The maximum atomic E-state index is 5.55. The van der Waals surface area contributed by atoms with Gasteiger partial charge in [0.2, 0.25) is 0 Å². The zero-order valence-corrected chi connectivity index (χ0v) is 7.09. The molecule has 1 heteroatoms. The third-order valence-corrected chi connectivity index (χ3v) is 1.71. The van der Waals surface area contributed by atoms with E-state index in [-0.39, 0.29) is 0 Å². The van der Waals surface area contributed by atoms with Crippen LogP contribution in [0.25, 0.3) is 5.57 Å². The van der Waals surface area contributed by atoms with E-state index >= 15 is 0 Å². The molecule has 1 aromatic carbocycles. The van der Waals surface area contributed by atoms with Crippen molar-refractivity contribution in [2.24, 2.45) is 0 Å². The van der Waals surface area contributed by atoms with E-state index in [1.165, 1.54) is 0 Å². The molecule has 0 fully saturated rings. The first-order valence-corrected chi connectivity index (χ1v) is 3.88. The van der Waals surface area contributed by atoms with E-state index in [0.29, 0.717) is 0 Å². The molecular weight excluding hydrogens is 146 g/mol. The molecule has 0 aliphatic rings. The van der Waals surface area contributed by atoms with Crippen LogP contribution in [0.5, 0.6) is 0 Å². The molecule has 0 amide bonds. The number of rotatable bonds is 3. The van der Waals surface area contributed by atoms with Gasteiger partial charge in [-0.25, -0.2) is 0 Å². The Kier molecular flexibility index (Phi) is 2.70. The van der Waals surface area contributed by atoms with Gasteiger partial charge >= 0.3 is 0 Å². The predicted octanol–water partition coefficient (Wildman–Crippen LogP) is 2.86. The first-order chi connectivity index (χ1) is 5.74. The summed E-state index contributed by atoms with van der Waals surface area (Å²) < 4.78 is 0. The largest absolute Gasteiger partial charge is 0.399 e. The highest BCUT2D eigenvalue weighted by atomic mass is 14.5. The van der Waals surface area contributed by atoms with Crippen LogP contribution in [0.2, 0.25) is 0 Å². The summed E-state index contributed by atoms with van der Waals surface area (Å²) in [6.07, 6.45) is 2.67. The van der Waals surface area contributed by atoms with Crippen LogP contribution in [-0.2, 0) is 0 Å². The van der Waals surface area contributed by atoms with Crippen LogP contribution in [0.3, 0.4) is 0 Å². The van der Waals surface area contributed by atoms with Gasteiger partial charge in [-0.1, -0.05) is 24.8 Å². The topological polar surface area (TPSA) is 26.0 Å². The second kappa shape index (κ2) is 3.77. The zero-order valence-electron chi connectivity index (χ0n) is 7.09. The molecule has 0 radical (unpaired) electrons. The Bertz CT molecular complexity index is 282. The van der Waals surface area contributed by atoms with Crippen LogP contribution in [0, 0.1) is 0 Å². The number of benzene rings is 1. The van der Waals surface area contributed by atoms with E-state index in [0.717, 1.165) is 23.2 Å². The van der Waals surface area contributed by atoms with Gasteiger partial charge in [0.25, 0.3) is 0 Å². The maximum Gasteiger partial charge on any atom is 0.0314 e. The summed E-state index contributed by atoms with van der Waals surface area (Å²) in [4.78, 5) is 0. The lowest BCUT2D eigenvalue weighted by molar-refractivity contribution is 1.41. The summed E-state index contributed by atoms with van der Waals surface area (Å²) in [6.45, 7) is 7.59. The first kappa shape index (κ1) is 8.60. The summed E-state index contributed by atoms with van der Waals surface area (Å²) in [5.41, 5.74) is 8.54. The molecule has 0 spiro atoms. The summed E-state index contributed by atoms with van der Waals surface area (Å²) in [5.74, 6) is 0. The fraction of sp³-hybridized carbons (Fsp3) is 0.0909. The molecule has 0 heterocycles. The Hall–Kier alpha value is -1.50. The van der Waals surface area contributed by atoms with E-state index in [2.05, 4.69) is 13.2 Å². The smallest absolute Gasteiger partial charge is 0.0314 e. The number of nitrogen functional groups attached to an aromatic ring is 1. The quantitative estimate of drug-likeness (QED) is 0.532. The van der Waals surface area contributed by atoms with Gasteiger partial charge in [0.05, 0.1) is 0 Å². The van der Waals surface area contributed by atoms with E-state index < -0.39 is 0 Å². The molecule has 1 aromatic rings. The van der Waals surface area contributed by atoms with Crippen molar-refractivity contribution in [2.45, 2.75) is 6.42 Å². The third-order valence-electron chi connectivity index (χ3n) is 1.71. The number of hydrogen-bond donors (Lipinski definition) is 1. The number of nitrogens with two attached hydrogens (primary N) is 1. The van der Waals surface area contributed by atoms with Crippen molar-refractivity contribution >= 4 is 11.3 Å². The lowest BCUT2D eigenvalue weighted by Gasteiger charge is -2.02. The minimum absolute atomic E-state index is 0.783. The Morgan fingerprint density at radius 1 is 1.33 bits per heavy atom. The minimum Gasteiger partial charge on any atom is -0.399 e. The maximum absolute atomic E-state index is 5.55. The highest BCUT2D eigenvalue weighted by molar-refractivity contribution is 5.65. The van der Waals surface area contributed by atoms with Gasteiger partial charge in [-0.3, -0.25) is 0 Å². The molecule has 62 valence electrons. The normalized spacial score (nSPS) is 9.33. The van der Waals surface area contributed by atoms with Crippen molar-refractivity contribution < 1.29 is 0 Å². The molecule has 0 saturated carbocycles. The van der Waals surface area contributed by atoms with Crippen LogP contribution in [0.1, 0.15) is 12.0 Å². The lowest BCUT2D eigenvalue weighted by atomic mass is 10.0. The average molecular weight is 159 g/mol. The van der Waals surface area contributed by atoms with Crippen LogP contribution >= 0.6 is 0 Å². The van der Waals surface area contributed by atoms with Crippen LogP contribution in [0.15, 0.2) is 43.5 Å². The summed E-state index contributed by atoms with van der Waals surface area (Å²) in [5, 5.41) is 0. The van der Waals surface area contributed by atoms with Gasteiger partial charge in [-0.05, 0) is 29.7 Å². The van der Waals surface area contributed by atoms with Gasteiger partial charge in [0.1, 0.15) is 0 Å². The molecule has 0 saturated heterocycles. The monoisotopic (exact) mass is 159 g/mol. The SMILES string of the molecule is C=CCC(=C)c1ccc(N)cc1. The highest BCUT2D eigenvalue weighted by Gasteiger charge is 1.94. The molecular formula is C11H13N. The fourth-order valence-corrected chi connectivity index (χ4v) is 1.01. The summed E-state index contributed by atoms with van der Waals surface area (Å²) >= 11 is 0. The van der Waals surface area contributed by atoms with Crippen molar-refractivity contribution in [3.05, 3.63) is 49.1 Å². The fourth-order valence-electron chi connectivity index (χ4n) is 1.01. The van der Waals surface area contributed by atoms with Gasteiger partial charge < -0.3 is 5.73 Å². The lowest BCUT2D eigenvalue weighted by Crippen LogP contribution is -1.85. The van der Waals surface area contributed by atoms with Crippen LogP contribution in [-0.4, -0.2) is 0 Å². The van der Waals surface area contributed by atoms with Crippen molar-refractivity contribution in [1.82, 2.24) is 0 Å². The Labute approximate surface area is 73.2 Å². The molecule has 0 aliphatic carbocycles. The van der Waals surface area contributed by atoms with Gasteiger partial charge in [0, 0.05) is 5.69 Å². The molecule has 0 aromatic heterocycles. The first-order valence-electron chi connectivity index (χ1n) is 3.88. The molecule has 0 bridgehead atoms. The third kappa shape index (κ3) is 1.99. The zero-order chi connectivity index (χ0) is 8.97. The molecule has 12 heavy (non-hydrogen) atoms. The van der Waals surface area contributed by atoms with E-state index in [4.69, 9.17) is 5.73 Å². The van der Waals surface area contributed by atoms with Gasteiger partial charge in [-0.15, -0.1) is 6.58 Å². The van der Waals surface area contributed by atoms with E-state index in [9.17, 15) is 0 Å². The van der Waals surface area contributed by atoms with E-state index in [1.807, 2.05) is 30.3 Å². The number of anilines is 1. The highest BCUT2D eigenvalue weighted by Crippen LogP contribution is 2.17. The van der Waals surface area contributed by atoms with Gasteiger partial charge in [0.15, 0.2) is 0 Å². The van der Waals surface area contributed by atoms with E-state index in [1.54, 1.807) is 0 Å². The Morgan fingerprint density at radius 2 is 1.92 bits per heavy atom. The molecule has 1 rings (SSSR count). The van der Waals surface area contributed by atoms with Gasteiger partial charge in [-0.2, -0.15) is 0 Å². The minimum atomic E-state index is 0.783. The number of hydrogen-bond acceptors (Lipinski definition) is 1. The summed E-state index contributed by atoms with van der Waals surface area (Å²) in [7, 11) is 0. The molecule has 0 atom stereocenters. The molecule has 2 N–H and O–H groups in total. The standard InChI is InChI=1S/C11H13N/c1-3-4-9(2)10-5-7-11(12)8-6-10/h3,5-8H,1-2,4,12H2. The number of allylic oxidation sites excluding steroid dienone is 2. The second-order valence-corrected chi connectivity index (χ2v) is 2.72. The summed E-state index contributed by atoms with van der Waals surface area (Å²) in [6, 6.07) is 7.70. The van der Waals surface area contributed by atoms with Crippen molar-refractivity contribution in [3.63, 3.8) is 0 Å². The predicted molar refractivity (Wildman–Crippen MR) is 54.7 cm³/mol. The van der Waals surface area contributed by atoms with Crippen LogP contribution < -0.4 is 5.73 Å². The molecule has 0 unspecified atom stereocenters. The van der Waals surface area contributed by atoms with Crippen molar-refractivity contribution in [3.8, 4) is 0 Å². The van der Waals surface area contributed by atoms with Crippen molar-refractivity contribution in [2.75, 3.05) is 5.73 Å². The van der Waals surface area contributed by atoms with Crippen molar-refractivity contribution in [1.29, 1.82) is 0 Å². The Morgan fingerprint density at radius 3 is 2.42 bits per heavy atom.